The number of nitrogens with zero attached hydrogens (tertiary/aromatic N) is 1. The first-order valence-corrected chi connectivity index (χ1v) is 9.38. The van der Waals surface area contributed by atoms with Crippen molar-refractivity contribution >= 4 is 43.3 Å². The van der Waals surface area contributed by atoms with E-state index in [0.717, 1.165) is 15.7 Å². The zero-order valence-corrected chi connectivity index (χ0v) is 15.3. The van der Waals surface area contributed by atoms with Gasteiger partial charge in [-0.25, -0.2) is 8.42 Å². The summed E-state index contributed by atoms with van der Waals surface area (Å²) in [5, 5.41) is 0.621. The van der Waals surface area contributed by atoms with Crippen molar-refractivity contribution in [3.8, 4) is 5.75 Å². The summed E-state index contributed by atoms with van der Waals surface area (Å²) in [7, 11) is -4.03. The van der Waals surface area contributed by atoms with Crippen molar-refractivity contribution in [3.05, 3.63) is 58.3 Å². The molecule has 0 N–H and O–H groups in total. The molecule has 0 saturated heterocycles. The predicted octanol–water partition coefficient (Wildman–Crippen LogP) is 4.57. The lowest BCUT2D eigenvalue weighted by Gasteiger charge is -2.11. The molecule has 2 aromatic carbocycles. The SMILES string of the molecule is O=S(=O)(c1cccc(OC(F)(F)F)c1)c1cnc2c(I)cccc2c1. The van der Waals surface area contributed by atoms with Gasteiger partial charge in [0.1, 0.15) is 5.75 Å². The predicted molar refractivity (Wildman–Crippen MR) is 93.0 cm³/mol. The summed E-state index contributed by atoms with van der Waals surface area (Å²) in [5.74, 6) is -0.600. The monoisotopic (exact) mass is 479 g/mol. The molecule has 0 aliphatic rings. The number of aromatic nitrogens is 1. The fourth-order valence-electron chi connectivity index (χ4n) is 2.22. The second-order valence-electron chi connectivity index (χ2n) is 5.01. The van der Waals surface area contributed by atoms with Gasteiger partial charge in [-0.05, 0) is 52.9 Å². The van der Waals surface area contributed by atoms with Crippen LogP contribution in [-0.2, 0) is 9.84 Å². The van der Waals surface area contributed by atoms with E-state index in [0.29, 0.717) is 10.9 Å². The first-order chi connectivity index (χ1) is 11.7. The van der Waals surface area contributed by atoms with Crippen molar-refractivity contribution in [2.75, 3.05) is 0 Å². The number of hydrogen-bond acceptors (Lipinski definition) is 4. The summed E-state index contributed by atoms with van der Waals surface area (Å²) in [6.07, 6.45) is -3.71. The van der Waals surface area contributed by atoms with E-state index in [1.165, 1.54) is 24.4 Å². The molecule has 4 nitrogen and oxygen atoms in total. The van der Waals surface area contributed by atoms with Gasteiger partial charge < -0.3 is 4.74 Å². The van der Waals surface area contributed by atoms with Crippen molar-refractivity contribution in [3.63, 3.8) is 0 Å². The molecule has 0 fully saturated rings. The molecular weight excluding hydrogens is 470 g/mol. The van der Waals surface area contributed by atoms with Gasteiger partial charge in [-0.15, -0.1) is 13.2 Å². The Labute approximate surface area is 154 Å². The first-order valence-electron chi connectivity index (χ1n) is 6.82. The van der Waals surface area contributed by atoms with Crippen molar-refractivity contribution in [2.24, 2.45) is 0 Å². The van der Waals surface area contributed by atoms with Crippen LogP contribution in [0.1, 0.15) is 0 Å². The molecule has 130 valence electrons. The van der Waals surface area contributed by atoms with Gasteiger partial charge in [0, 0.05) is 15.2 Å². The lowest BCUT2D eigenvalue weighted by Crippen LogP contribution is -2.17. The van der Waals surface area contributed by atoms with Gasteiger partial charge in [-0.3, -0.25) is 4.98 Å². The van der Waals surface area contributed by atoms with Crippen LogP contribution in [0.25, 0.3) is 10.9 Å². The number of pyridine rings is 1. The zero-order valence-electron chi connectivity index (χ0n) is 12.3. The van der Waals surface area contributed by atoms with Crippen LogP contribution in [0.2, 0.25) is 0 Å². The highest BCUT2D eigenvalue weighted by Crippen LogP contribution is 2.29. The lowest BCUT2D eigenvalue weighted by atomic mass is 10.2. The van der Waals surface area contributed by atoms with Crippen LogP contribution in [0.5, 0.6) is 5.75 Å². The molecule has 0 aliphatic carbocycles. The molecule has 0 amide bonds. The molecule has 3 aromatic rings. The first kappa shape index (κ1) is 17.9. The number of para-hydroxylation sites is 1. The standard InChI is InChI=1S/C16H9F3INO3S/c17-16(18,19)24-11-4-2-5-12(8-11)25(22,23)13-7-10-3-1-6-14(20)15(10)21-9-13/h1-9H. The van der Waals surface area contributed by atoms with Crippen LogP contribution >= 0.6 is 22.6 Å². The van der Waals surface area contributed by atoms with Gasteiger partial charge in [0.05, 0.1) is 15.3 Å². The highest BCUT2D eigenvalue weighted by atomic mass is 127. The maximum absolute atomic E-state index is 12.7. The van der Waals surface area contributed by atoms with E-state index in [1.54, 1.807) is 12.1 Å². The van der Waals surface area contributed by atoms with Crippen molar-refractivity contribution in [1.82, 2.24) is 4.98 Å². The lowest BCUT2D eigenvalue weighted by molar-refractivity contribution is -0.274. The summed E-state index contributed by atoms with van der Waals surface area (Å²) in [6.45, 7) is 0. The fraction of sp³-hybridized carbons (Fsp3) is 0.0625. The van der Waals surface area contributed by atoms with Gasteiger partial charge >= 0.3 is 6.36 Å². The molecule has 0 aliphatic heterocycles. The number of hydrogen-bond donors (Lipinski definition) is 0. The molecule has 1 aromatic heterocycles. The minimum atomic E-state index is -4.90. The maximum Gasteiger partial charge on any atom is 0.573 e. The van der Waals surface area contributed by atoms with Gasteiger partial charge in [-0.2, -0.15) is 0 Å². The maximum atomic E-state index is 12.7. The minimum absolute atomic E-state index is 0.105. The molecule has 3 rings (SSSR count). The Morgan fingerprint density at radius 2 is 1.72 bits per heavy atom. The second-order valence-corrected chi connectivity index (χ2v) is 8.12. The largest absolute Gasteiger partial charge is 0.573 e. The van der Waals surface area contributed by atoms with E-state index in [1.807, 2.05) is 6.07 Å². The average Bonchev–Trinajstić information content (AvgIpc) is 2.53. The van der Waals surface area contributed by atoms with Crippen molar-refractivity contribution in [2.45, 2.75) is 16.2 Å². The Bertz CT molecular complexity index is 1050. The Hall–Kier alpha value is -1.88. The third-order valence-electron chi connectivity index (χ3n) is 3.30. The van der Waals surface area contributed by atoms with Crippen LogP contribution in [-0.4, -0.2) is 19.8 Å². The third-order valence-corrected chi connectivity index (χ3v) is 5.89. The van der Waals surface area contributed by atoms with Crippen molar-refractivity contribution in [1.29, 1.82) is 0 Å². The van der Waals surface area contributed by atoms with E-state index < -0.39 is 21.9 Å². The summed E-state index contributed by atoms with van der Waals surface area (Å²) in [5.41, 5.74) is 0.649. The smallest absolute Gasteiger partial charge is 0.406 e. The highest BCUT2D eigenvalue weighted by Gasteiger charge is 2.31. The van der Waals surface area contributed by atoms with Crippen LogP contribution in [0.4, 0.5) is 13.2 Å². The molecule has 0 saturated carbocycles. The molecule has 0 radical (unpaired) electrons. The molecule has 9 heteroatoms. The summed E-state index contributed by atoms with van der Waals surface area (Å²) in [6, 6.07) is 11.0. The Balaban J connectivity index is 2.06. The molecule has 0 bridgehead atoms. The van der Waals surface area contributed by atoms with E-state index in [9.17, 15) is 21.6 Å². The Kier molecular flexibility index (Phi) is 4.62. The van der Waals surface area contributed by atoms with Crippen LogP contribution < -0.4 is 4.74 Å². The zero-order chi connectivity index (χ0) is 18.2. The van der Waals surface area contributed by atoms with Gasteiger partial charge in [0.15, 0.2) is 0 Å². The quantitative estimate of drug-likeness (QED) is 0.517. The molecule has 0 spiro atoms. The fourth-order valence-corrected chi connectivity index (χ4v) is 4.16. The van der Waals surface area contributed by atoms with Crippen LogP contribution in [0.15, 0.2) is 64.5 Å². The van der Waals surface area contributed by atoms with Crippen LogP contribution in [0.3, 0.4) is 0 Å². The van der Waals surface area contributed by atoms with E-state index in [2.05, 4.69) is 32.3 Å². The summed E-state index contributed by atoms with van der Waals surface area (Å²) in [4.78, 5) is 3.75. The van der Waals surface area contributed by atoms with Gasteiger partial charge in [-0.1, -0.05) is 18.2 Å². The number of benzene rings is 2. The summed E-state index contributed by atoms with van der Waals surface area (Å²) < 4.78 is 67.0. The van der Waals surface area contributed by atoms with Gasteiger partial charge in [0.2, 0.25) is 9.84 Å². The Morgan fingerprint density at radius 1 is 1.00 bits per heavy atom. The second kappa shape index (κ2) is 6.45. The summed E-state index contributed by atoms with van der Waals surface area (Å²) >= 11 is 2.08. The van der Waals surface area contributed by atoms with Gasteiger partial charge in [0.25, 0.3) is 0 Å². The normalized spacial score (nSPS) is 12.3. The minimum Gasteiger partial charge on any atom is -0.406 e. The molecule has 25 heavy (non-hydrogen) atoms. The van der Waals surface area contributed by atoms with E-state index in [-0.39, 0.29) is 9.79 Å². The molecule has 0 atom stereocenters. The number of ether oxygens (including phenoxy) is 1. The highest BCUT2D eigenvalue weighted by molar-refractivity contribution is 14.1. The number of alkyl halides is 3. The van der Waals surface area contributed by atoms with E-state index in [4.69, 9.17) is 0 Å². The molecule has 0 unspecified atom stereocenters. The average molecular weight is 479 g/mol. The van der Waals surface area contributed by atoms with Crippen LogP contribution in [0, 0.1) is 3.57 Å². The Morgan fingerprint density at radius 3 is 2.44 bits per heavy atom. The van der Waals surface area contributed by atoms with Crippen molar-refractivity contribution < 1.29 is 26.3 Å². The number of halogens is 4. The van der Waals surface area contributed by atoms with E-state index >= 15 is 0 Å². The molecule has 1 heterocycles. The molecular formula is C16H9F3INO3S. The third kappa shape index (κ3) is 3.87. The topological polar surface area (TPSA) is 56.3 Å². The number of fused-ring (bicyclic) bond motifs is 1. The number of rotatable bonds is 3. The number of sulfone groups is 1.